The molecule has 0 aromatic carbocycles. The van der Waals surface area contributed by atoms with Crippen molar-refractivity contribution < 1.29 is 9.53 Å². The summed E-state index contributed by atoms with van der Waals surface area (Å²) in [5, 5.41) is 4.57. The van der Waals surface area contributed by atoms with Gasteiger partial charge in [0.25, 0.3) is 0 Å². The van der Waals surface area contributed by atoms with E-state index in [1.54, 1.807) is 29.4 Å². The molecule has 0 N–H and O–H groups in total. The second kappa shape index (κ2) is 6.78. The molecule has 0 radical (unpaired) electrons. The average molecular weight is 424 g/mol. The number of ether oxygens (including phenoxy) is 1. The molecule has 158 valence electrons. The SMILES string of the molecule is CC1(C)CC(=O)C2=C(C1)Oc1ncn3nc(-c4ccccn4)nc3c1[C@@H]2c1cccnc1. The van der Waals surface area contributed by atoms with Crippen LogP contribution in [0.4, 0.5) is 0 Å². The van der Waals surface area contributed by atoms with E-state index in [0.717, 1.165) is 11.1 Å². The number of hydrogen-bond donors (Lipinski definition) is 0. The summed E-state index contributed by atoms with van der Waals surface area (Å²) in [7, 11) is 0. The van der Waals surface area contributed by atoms with Crippen LogP contribution in [-0.4, -0.2) is 35.3 Å². The first kappa shape index (κ1) is 18.8. The van der Waals surface area contributed by atoms with Crippen LogP contribution in [0.25, 0.3) is 17.2 Å². The van der Waals surface area contributed by atoms with Gasteiger partial charge in [0, 0.05) is 37.0 Å². The number of rotatable bonds is 2. The molecule has 1 atom stereocenters. The Morgan fingerprint density at radius 1 is 1.09 bits per heavy atom. The van der Waals surface area contributed by atoms with Gasteiger partial charge < -0.3 is 4.74 Å². The Bertz CT molecular complexity index is 1390. The Kier molecular flexibility index (Phi) is 3.98. The maximum Gasteiger partial charge on any atom is 0.228 e. The standard InChI is InChI=1S/C24H20N6O2/c1-24(2)10-16(31)19-17(11-24)32-23-20(18(19)14-6-5-8-25-12-14)22-28-21(29-30(22)13-27-23)15-7-3-4-9-26-15/h3-9,12-13,18H,10-11H2,1-2H3/t18-/m1/s1. The van der Waals surface area contributed by atoms with Crippen LogP contribution in [0.3, 0.4) is 0 Å². The first-order valence-corrected chi connectivity index (χ1v) is 10.5. The zero-order chi connectivity index (χ0) is 21.9. The van der Waals surface area contributed by atoms with Crippen molar-refractivity contribution >= 4 is 11.4 Å². The second-order valence-electron chi connectivity index (χ2n) is 8.98. The molecule has 0 amide bonds. The van der Waals surface area contributed by atoms with Gasteiger partial charge >= 0.3 is 0 Å². The van der Waals surface area contributed by atoms with Crippen LogP contribution in [0.2, 0.25) is 0 Å². The molecule has 2 aliphatic rings. The van der Waals surface area contributed by atoms with Crippen LogP contribution < -0.4 is 4.74 Å². The Morgan fingerprint density at radius 2 is 2.00 bits per heavy atom. The van der Waals surface area contributed by atoms with Gasteiger partial charge in [-0.1, -0.05) is 26.0 Å². The molecule has 0 saturated carbocycles. The third kappa shape index (κ3) is 2.90. The van der Waals surface area contributed by atoms with E-state index in [-0.39, 0.29) is 17.1 Å². The monoisotopic (exact) mass is 424 g/mol. The van der Waals surface area contributed by atoms with Gasteiger partial charge in [-0.2, -0.15) is 0 Å². The van der Waals surface area contributed by atoms with Gasteiger partial charge in [-0.25, -0.2) is 14.5 Å². The van der Waals surface area contributed by atoms with Crippen LogP contribution in [0, 0.1) is 5.41 Å². The number of hydrogen-bond acceptors (Lipinski definition) is 7. The fraction of sp³-hybridized carbons (Fsp3) is 0.250. The average Bonchev–Trinajstić information content (AvgIpc) is 3.23. The van der Waals surface area contributed by atoms with Crippen molar-refractivity contribution in [1.82, 2.24) is 29.5 Å². The summed E-state index contributed by atoms with van der Waals surface area (Å²) in [4.78, 5) is 31.4. The summed E-state index contributed by atoms with van der Waals surface area (Å²) >= 11 is 0. The fourth-order valence-corrected chi connectivity index (χ4v) is 4.63. The molecule has 0 unspecified atom stereocenters. The Balaban J connectivity index is 1.61. The van der Waals surface area contributed by atoms with E-state index in [1.165, 1.54) is 0 Å². The number of ketones is 1. The molecule has 8 nitrogen and oxygen atoms in total. The van der Waals surface area contributed by atoms with Gasteiger partial charge in [-0.05, 0) is 29.2 Å². The van der Waals surface area contributed by atoms with Gasteiger partial charge in [0.2, 0.25) is 11.7 Å². The molecule has 8 heteroatoms. The van der Waals surface area contributed by atoms with E-state index in [2.05, 4.69) is 33.9 Å². The minimum atomic E-state index is -0.372. The number of allylic oxidation sites excluding steroid dienone is 2. The Morgan fingerprint density at radius 3 is 2.78 bits per heavy atom. The zero-order valence-corrected chi connectivity index (χ0v) is 17.7. The summed E-state index contributed by atoms with van der Waals surface area (Å²) < 4.78 is 7.87. The lowest BCUT2D eigenvalue weighted by molar-refractivity contribution is -0.118. The Hall–Kier alpha value is -3.94. The molecular formula is C24H20N6O2. The second-order valence-corrected chi connectivity index (χ2v) is 8.98. The number of nitrogens with zero attached hydrogens (tertiary/aromatic N) is 6. The molecule has 5 heterocycles. The van der Waals surface area contributed by atoms with Gasteiger partial charge in [0.05, 0.1) is 11.5 Å². The molecule has 6 rings (SSSR count). The first-order valence-electron chi connectivity index (χ1n) is 10.5. The van der Waals surface area contributed by atoms with E-state index in [0.29, 0.717) is 47.2 Å². The molecule has 32 heavy (non-hydrogen) atoms. The number of Topliss-reactive ketones (excluding diaryl/α,β-unsaturated/α-hetero) is 1. The third-order valence-electron chi connectivity index (χ3n) is 5.97. The van der Waals surface area contributed by atoms with Crippen molar-refractivity contribution in [3.63, 3.8) is 0 Å². The summed E-state index contributed by atoms with van der Waals surface area (Å²) in [5.74, 6) is 1.34. The molecule has 0 saturated heterocycles. The van der Waals surface area contributed by atoms with Crippen molar-refractivity contribution in [3.05, 3.63) is 77.7 Å². The number of pyridine rings is 2. The van der Waals surface area contributed by atoms with Crippen LogP contribution in [-0.2, 0) is 4.79 Å². The number of aromatic nitrogens is 6. The third-order valence-corrected chi connectivity index (χ3v) is 5.97. The van der Waals surface area contributed by atoms with Crippen molar-refractivity contribution in [2.75, 3.05) is 0 Å². The predicted molar refractivity (Wildman–Crippen MR) is 116 cm³/mol. The highest BCUT2D eigenvalue weighted by molar-refractivity contribution is 6.00. The summed E-state index contributed by atoms with van der Waals surface area (Å²) in [6.07, 6.45) is 7.94. The Labute approximate surface area is 184 Å². The number of fused-ring (bicyclic) bond motifs is 3. The largest absolute Gasteiger partial charge is 0.442 e. The van der Waals surface area contributed by atoms with Gasteiger partial charge in [0.1, 0.15) is 17.8 Å². The van der Waals surface area contributed by atoms with Crippen molar-refractivity contribution in [3.8, 4) is 17.4 Å². The first-order chi connectivity index (χ1) is 15.5. The van der Waals surface area contributed by atoms with Gasteiger partial charge in [-0.3, -0.25) is 14.8 Å². The minimum absolute atomic E-state index is 0.0854. The quantitative estimate of drug-likeness (QED) is 0.484. The summed E-state index contributed by atoms with van der Waals surface area (Å²) in [5.41, 5.74) is 3.38. The van der Waals surface area contributed by atoms with Crippen LogP contribution in [0.15, 0.2) is 66.6 Å². The molecule has 1 aliphatic carbocycles. The van der Waals surface area contributed by atoms with E-state index < -0.39 is 0 Å². The lowest BCUT2D eigenvalue weighted by atomic mass is 9.70. The fourth-order valence-electron chi connectivity index (χ4n) is 4.63. The lowest BCUT2D eigenvalue weighted by Crippen LogP contribution is -2.33. The molecule has 0 fully saturated rings. The topological polar surface area (TPSA) is 95.2 Å². The van der Waals surface area contributed by atoms with Crippen molar-refractivity contribution in [2.45, 2.75) is 32.6 Å². The lowest BCUT2D eigenvalue weighted by Gasteiger charge is -2.37. The molecule has 1 aliphatic heterocycles. The maximum absolute atomic E-state index is 13.4. The van der Waals surface area contributed by atoms with Gasteiger partial charge in [0.15, 0.2) is 11.4 Å². The highest BCUT2D eigenvalue weighted by Crippen LogP contribution is 2.50. The highest BCUT2D eigenvalue weighted by Gasteiger charge is 2.44. The number of carbonyl (C=O) groups is 1. The van der Waals surface area contributed by atoms with E-state index >= 15 is 0 Å². The van der Waals surface area contributed by atoms with Crippen LogP contribution in [0.1, 0.15) is 43.7 Å². The van der Waals surface area contributed by atoms with Gasteiger partial charge in [-0.15, -0.1) is 5.10 Å². The molecular weight excluding hydrogens is 404 g/mol. The summed E-state index contributed by atoms with van der Waals surface area (Å²) in [6, 6.07) is 9.45. The normalized spacial score (nSPS) is 19.4. The molecule has 4 aromatic heterocycles. The zero-order valence-electron chi connectivity index (χ0n) is 17.7. The van der Waals surface area contributed by atoms with Crippen molar-refractivity contribution in [2.24, 2.45) is 5.41 Å². The van der Waals surface area contributed by atoms with Crippen molar-refractivity contribution in [1.29, 1.82) is 0 Å². The van der Waals surface area contributed by atoms with E-state index in [9.17, 15) is 4.79 Å². The minimum Gasteiger partial charge on any atom is -0.442 e. The van der Waals surface area contributed by atoms with E-state index in [4.69, 9.17) is 9.72 Å². The number of carbonyl (C=O) groups excluding carboxylic acids is 1. The maximum atomic E-state index is 13.4. The molecule has 0 spiro atoms. The predicted octanol–water partition coefficient (Wildman–Crippen LogP) is 3.75. The van der Waals surface area contributed by atoms with Crippen LogP contribution >= 0.6 is 0 Å². The summed E-state index contributed by atoms with van der Waals surface area (Å²) in [6.45, 7) is 4.17. The van der Waals surface area contributed by atoms with Crippen LogP contribution in [0.5, 0.6) is 5.88 Å². The molecule has 4 aromatic rings. The van der Waals surface area contributed by atoms with E-state index in [1.807, 2.05) is 30.3 Å². The smallest absolute Gasteiger partial charge is 0.228 e. The molecule has 0 bridgehead atoms. The highest BCUT2D eigenvalue weighted by atomic mass is 16.5.